The van der Waals surface area contributed by atoms with Gasteiger partial charge >= 0.3 is 0 Å². The molecule has 6 heteroatoms. The van der Waals surface area contributed by atoms with Crippen molar-refractivity contribution in [1.82, 2.24) is 15.5 Å². The van der Waals surface area contributed by atoms with E-state index in [1.165, 1.54) is 0 Å². The van der Waals surface area contributed by atoms with Crippen LogP contribution in [0, 0.1) is 11.8 Å². The maximum Gasteiger partial charge on any atom is 0.248 e. The summed E-state index contributed by atoms with van der Waals surface area (Å²) in [5.41, 5.74) is 5.57. The van der Waals surface area contributed by atoms with E-state index >= 15 is 0 Å². The monoisotopic (exact) mass is 294 g/mol. The van der Waals surface area contributed by atoms with E-state index in [0.29, 0.717) is 24.2 Å². The fourth-order valence-corrected chi connectivity index (χ4v) is 2.76. The van der Waals surface area contributed by atoms with Crippen LogP contribution in [0.4, 0.5) is 0 Å². The molecule has 1 unspecified atom stereocenters. The maximum absolute atomic E-state index is 12.3. The van der Waals surface area contributed by atoms with Crippen LogP contribution >= 0.6 is 0 Å². The van der Waals surface area contributed by atoms with Crippen LogP contribution in [0.25, 0.3) is 0 Å². The van der Waals surface area contributed by atoms with Gasteiger partial charge in [0.2, 0.25) is 11.8 Å². The molecule has 0 saturated heterocycles. The quantitative estimate of drug-likeness (QED) is 0.884. The smallest absolute Gasteiger partial charge is 0.248 e. The first-order valence-corrected chi connectivity index (χ1v) is 7.67. The van der Waals surface area contributed by atoms with Crippen LogP contribution in [0.3, 0.4) is 0 Å². The Labute approximate surface area is 125 Å². The zero-order valence-corrected chi connectivity index (χ0v) is 13.3. The molecule has 0 bridgehead atoms. The van der Waals surface area contributed by atoms with Gasteiger partial charge in [0.15, 0.2) is 5.82 Å². The van der Waals surface area contributed by atoms with Crippen LogP contribution in [0.2, 0.25) is 0 Å². The van der Waals surface area contributed by atoms with Crippen molar-refractivity contribution in [2.75, 3.05) is 6.54 Å². The second kappa shape index (κ2) is 6.13. The number of nitrogens with zero attached hydrogens (tertiary/aromatic N) is 2. The number of carbonyl (C=O) groups excluding carboxylic acids is 1. The Morgan fingerprint density at radius 3 is 2.76 bits per heavy atom. The summed E-state index contributed by atoms with van der Waals surface area (Å²) in [6.07, 6.45) is 3.03. The molecular formula is C15H26N4O2. The van der Waals surface area contributed by atoms with E-state index in [2.05, 4.69) is 15.5 Å². The summed E-state index contributed by atoms with van der Waals surface area (Å²) in [4.78, 5) is 16.7. The van der Waals surface area contributed by atoms with Crippen molar-refractivity contribution in [3.8, 4) is 0 Å². The topological polar surface area (TPSA) is 94.0 Å². The van der Waals surface area contributed by atoms with Crippen molar-refractivity contribution in [2.24, 2.45) is 17.6 Å². The lowest BCUT2D eigenvalue weighted by molar-refractivity contribution is -0.126. The van der Waals surface area contributed by atoms with Gasteiger partial charge in [0.1, 0.15) is 6.04 Å². The Bertz CT molecular complexity index is 492. The fraction of sp³-hybridized carbons (Fsp3) is 0.800. The van der Waals surface area contributed by atoms with Crippen molar-refractivity contribution >= 4 is 5.91 Å². The van der Waals surface area contributed by atoms with Crippen LogP contribution in [0.5, 0.6) is 0 Å². The lowest BCUT2D eigenvalue weighted by atomic mass is 9.95. The third-order valence-electron chi connectivity index (χ3n) is 4.14. The highest BCUT2D eigenvalue weighted by Crippen LogP contribution is 2.31. The molecule has 118 valence electrons. The molecule has 0 aliphatic heterocycles. The van der Waals surface area contributed by atoms with Crippen LogP contribution in [0.15, 0.2) is 4.52 Å². The van der Waals surface area contributed by atoms with Crippen molar-refractivity contribution in [3.05, 3.63) is 11.7 Å². The summed E-state index contributed by atoms with van der Waals surface area (Å²) < 4.78 is 5.27. The molecule has 3 atom stereocenters. The van der Waals surface area contributed by atoms with Crippen LogP contribution in [-0.4, -0.2) is 22.6 Å². The first-order valence-electron chi connectivity index (χ1n) is 7.67. The van der Waals surface area contributed by atoms with Crippen LogP contribution in [-0.2, 0) is 10.2 Å². The van der Waals surface area contributed by atoms with Gasteiger partial charge in [0, 0.05) is 11.3 Å². The van der Waals surface area contributed by atoms with Crippen LogP contribution in [0.1, 0.15) is 64.7 Å². The molecule has 0 aromatic carbocycles. The average Bonchev–Trinajstić information content (AvgIpc) is 3.06. The second-order valence-corrected chi connectivity index (χ2v) is 6.97. The molecule has 1 aromatic heterocycles. The predicted molar refractivity (Wildman–Crippen MR) is 79.4 cm³/mol. The Morgan fingerprint density at radius 2 is 2.19 bits per heavy atom. The molecule has 1 heterocycles. The van der Waals surface area contributed by atoms with Crippen molar-refractivity contribution in [3.63, 3.8) is 0 Å². The molecule has 3 N–H and O–H groups in total. The van der Waals surface area contributed by atoms with E-state index in [9.17, 15) is 4.79 Å². The van der Waals surface area contributed by atoms with Crippen molar-refractivity contribution in [1.29, 1.82) is 0 Å². The first kappa shape index (κ1) is 15.9. The number of nitrogens with two attached hydrogens (primary N) is 1. The van der Waals surface area contributed by atoms with Gasteiger partial charge in [0.25, 0.3) is 0 Å². The molecule has 1 fully saturated rings. The minimum atomic E-state index is -0.278. The highest BCUT2D eigenvalue weighted by molar-refractivity contribution is 5.79. The van der Waals surface area contributed by atoms with E-state index in [4.69, 9.17) is 10.3 Å². The van der Waals surface area contributed by atoms with Gasteiger partial charge in [0.05, 0.1) is 0 Å². The normalized spacial score (nSPS) is 24.0. The number of aromatic nitrogens is 2. The molecule has 1 amide bonds. The van der Waals surface area contributed by atoms with E-state index in [0.717, 1.165) is 19.3 Å². The van der Waals surface area contributed by atoms with E-state index in [-0.39, 0.29) is 23.3 Å². The lowest BCUT2D eigenvalue weighted by Gasteiger charge is -2.19. The summed E-state index contributed by atoms with van der Waals surface area (Å²) in [5, 5.41) is 6.96. The summed E-state index contributed by atoms with van der Waals surface area (Å²) >= 11 is 0. The molecule has 6 nitrogen and oxygen atoms in total. The predicted octanol–water partition coefficient (Wildman–Crippen LogP) is 1.92. The van der Waals surface area contributed by atoms with E-state index in [1.807, 2.05) is 27.7 Å². The third-order valence-corrected chi connectivity index (χ3v) is 4.14. The number of hydrogen-bond acceptors (Lipinski definition) is 5. The summed E-state index contributed by atoms with van der Waals surface area (Å²) in [7, 11) is 0. The highest BCUT2D eigenvalue weighted by Gasteiger charge is 2.33. The zero-order valence-electron chi connectivity index (χ0n) is 13.3. The summed E-state index contributed by atoms with van der Waals surface area (Å²) in [5.74, 6) is 1.47. The molecule has 1 saturated carbocycles. The summed E-state index contributed by atoms with van der Waals surface area (Å²) in [6, 6.07) is -0.278. The van der Waals surface area contributed by atoms with Gasteiger partial charge in [-0.05, 0) is 32.2 Å². The molecule has 2 rings (SSSR count). The fourth-order valence-electron chi connectivity index (χ4n) is 2.76. The van der Waals surface area contributed by atoms with Crippen molar-refractivity contribution in [2.45, 2.75) is 58.4 Å². The Hall–Kier alpha value is -1.43. The minimum Gasteiger partial charge on any atom is -0.344 e. The average molecular weight is 294 g/mol. The number of hydrogen-bond donors (Lipinski definition) is 2. The number of amides is 1. The molecule has 0 spiro atoms. The Balaban J connectivity index is 1.99. The largest absolute Gasteiger partial charge is 0.344 e. The summed E-state index contributed by atoms with van der Waals surface area (Å²) in [6.45, 7) is 8.51. The zero-order chi connectivity index (χ0) is 15.6. The number of carbonyl (C=O) groups is 1. The van der Waals surface area contributed by atoms with Gasteiger partial charge in [-0.25, -0.2) is 0 Å². The first-order chi connectivity index (χ1) is 9.82. The molecule has 1 aliphatic rings. The Kier molecular flexibility index (Phi) is 4.66. The van der Waals surface area contributed by atoms with Gasteiger partial charge in [-0.1, -0.05) is 32.3 Å². The molecule has 21 heavy (non-hydrogen) atoms. The standard InChI is InChI=1S/C15H26N4O2/c1-9(13-18-14(19-21-13)15(2,3)4)17-12(20)11-7-5-6-10(11)8-16/h9-11H,5-8,16H2,1-4H3,(H,17,20)/t9?,10-,11-/m1/s1. The number of nitrogens with one attached hydrogen (secondary N) is 1. The Morgan fingerprint density at radius 1 is 1.48 bits per heavy atom. The minimum absolute atomic E-state index is 0.0162. The maximum atomic E-state index is 12.3. The van der Waals surface area contributed by atoms with Gasteiger partial charge in [-0.3, -0.25) is 4.79 Å². The number of rotatable bonds is 4. The van der Waals surface area contributed by atoms with Crippen LogP contribution < -0.4 is 11.1 Å². The molecule has 0 radical (unpaired) electrons. The van der Waals surface area contributed by atoms with Gasteiger partial charge < -0.3 is 15.6 Å². The molecule has 1 aromatic rings. The van der Waals surface area contributed by atoms with Crippen molar-refractivity contribution < 1.29 is 9.32 Å². The SMILES string of the molecule is CC(NC(=O)[C@@H]1CCC[C@@H]1CN)c1nc(C(C)(C)C)no1. The molecular weight excluding hydrogens is 268 g/mol. The lowest BCUT2D eigenvalue weighted by Crippen LogP contribution is -2.36. The second-order valence-electron chi connectivity index (χ2n) is 6.97. The molecule has 1 aliphatic carbocycles. The highest BCUT2D eigenvalue weighted by atomic mass is 16.5. The van der Waals surface area contributed by atoms with E-state index in [1.54, 1.807) is 0 Å². The van der Waals surface area contributed by atoms with E-state index < -0.39 is 0 Å². The van der Waals surface area contributed by atoms with Gasteiger partial charge in [-0.2, -0.15) is 4.98 Å². The third kappa shape index (κ3) is 3.61. The van der Waals surface area contributed by atoms with Gasteiger partial charge in [-0.15, -0.1) is 0 Å².